The highest BCUT2D eigenvalue weighted by Crippen LogP contribution is 2.10. The molecule has 1 rings (SSSR count). The number of nitrogens with one attached hydrogen (secondary N) is 1. The Hall–Kier alpha value is -0.820. The molecule has 6 heteroatoms. The lowest BCUT2D eigenvalue weighted by Crippen LogP contribution is -2.34. The van der Waals surface area contributed by atoms with Gasteiger partial charge in [0.15, 0.2) is 0 Å². The van der Waals surface area contributed by atoms with Crippen molar-refractivity contribution in [1.29, 1.82) is 0 Å². The number of amides is 1. The summed E-state index contributed by atoms with van der Waals surface area (Å²) in [6, 6.07) is 7.06. The average molecular weight is 382 g/mol. The van der Waals surface area contributed by atoms with E-state index in [4.69, 9.17) is 11.6 Å². The Balaban J connectivity index is 2.38. The molecule has 0 bridgehead atoms. The normalized spacial score (nSPS) is 11.7. The number of rotatable bonds is 5. The van der Waals surface area contributed by atoms with Crippen LogP contribution in [-0.2, 0) is 20.7 Å². The van der Waals surface area contributed by atoms with Crippen molar-refractivity contribution in [3.63, 3.8) is 0 Å². The van der Waals surface area contributed by atoms with E-state index in [1.54, 1.807) is 24.3 Å². The topological polar surface area (TPSA) is 55.4 Å². The van der Waals surface area contributed by atoms with Crippen molar-refractivity contribution in [2.24, 2.45) is 0 Å². The van der Waals surface area contributed by atoms with Crippen molar-refractivity contribution in [1.82, 2.24) is 5.32 Å². The van der Waals surface area contributed by atoms with Crippen LogP contribution in [0.5, 0.6) is 0 Å². The lowest BCUT2D eigenvalue weighted by Gasteiger charge is -2.09. The summed E-state index contributed by atoms with van der Waals surface area (Å²) in [5, 5.41) is 3.32. The zero-order valence-corrected chi connectivity index (χ0v) is 12.7. The molecule has 1 unspecified atom stereocenters. The minimum Gasteiger partial charge on any atom is -0.468 e. The first kappa shape index (κ1) is 15.2. The molecule has 4 nitrogen and oxygen atoms in total. The van der Waals surface area contributed by atoms with Crippen LogP contribution in [0.15, 0.2) is 24.3 Å². The van der Waals surface area contributed by atoms with Gasteiger partial charge in [-0.1, -0.05) is 46.3 Å². The van der Waals surface area contributed by atoms with Crippen LogP contribution in [0.3, 0.4) is 0 Å². The molecule has 0 fully saturated rings. The molecular formula is C12H13ClINO3. The van der Waals surface area contributed by atoms with Gasteiger partial charge in [0.25, 0.3) is 0 Å². The maximum absolute atomic E-state index is 11.6. The van der Waals surface area contributed by atoms with Crippen LogP contribution >= 0.6 is 34.2 Å². The van der Waals surface area contributed by atoms with E-state index in [9.17, 15) is 9.59 Å². The van der Waals surface area contributed by atoms with Gasteiger partial charge in [-0.05, 0) is 17.7 Å². The van der Waals surface area contributed by atoms with E-state index in [2.05, 4.69) is 10.1 Å². The summed E-state index contributed by atoms with van der Waals surface area (Å²) >= 11 is 7.68. The van der Waals surface area contributed by atoms with Gasteiger partial charge in [-0.2, -0.15) is 0 Å². The Morgan fingerprint density at radius 1 is 1.39 bits per heavy atom. The smallest absolute Gasteiger partial charge is 0.320 e. The maximum atomic E-state index is 11.6. The number of alkyl halides is 1. The molecule has 0 saturated heterocycles. The molecule has 0 aliphatic heterocycles. The molecule has 0 saturated carbocycles. The van der Waals surface area contributed by atoms with Gasteiger partial charge in [0.2, 0.25) is 5.91 Å². The first-order chi connectivity index (χ1) is 8.52. The van der Waals surface area contributed by atoms with Crippen LogP contribution < -0.4 is 5.32 Å². The number of hydrogen-bond donors (Lipinski definition) is 1. The molecular weight excluding hydrogens is 368 g/mol. The monoisotopic (exact) mass is 381 g/mol. The van der Waals surface area contributed by atoms with E-state index in [1.807, 2.05) is 22.6 Å². The van der Waals surface area contributed by atoms with Crippen LogP contribution in [0.1, 0.15) is 5.56 Å². The van der Waals surface area contributed by atoms with E-state index in [-0.39, 0.29) is 28.8 Å². The van der Waals surface area contributed by atoms with Gasteiger partial charge < -0.3 is 10.1 Å². The third kappa shape index (κ3) is 5.22. The van der Waals surface area contributed by atoms with Gasteiger partial charge in [0, 0.05) is 11.6 Å². The standard InChI is InChI=1S/C12H13ClINO3/c1-18-12(17)10(14)7-15-11(16)6-8-2-4-9(13)5-3-8/h2-5,10H,6-7H2,1H3,(H,15,16). The fourth-order valence-corrected chi connectivity index (χ4v) is 1.87. The van der Waals surface area contributed by atoms with Gasteiger partial charge in [-0.15, -0.1) is 0 Å². The van der Waals surface area contributed by atoms with Crippen molar-refractivity contribution in [3.8, 4) is 0 Å². The number of halogens is 2. The summed E-state index contributed by atoms with van der Waals surface area (Å²) in [6.07, 6.45) is 0.266. The van der Waals surface area contributed by atoms with Gasteiger partial charge in [-0.3, -0.25) is 9.59 Å². The van der Waals surface area contributed by atoms with E-state index in [0.717, 1.165) is 5.56 Å². The predicted molar refractivity (Wildman–Crippen MR) is 78.0 cm³/mol. The number of methoxy groups -OCH3 is 1. The third-order valence-electron chi connectivity index (χ3n) is 2.21. The third-order valence-corrected chi connectivity index (χ3v) is 3.41. The molecule has 1 amide bonds. The second kappa shape index (κ2) is 7.58. The molecule has 1 atom stereocenters. The van der Waals surface area contributed by atoms with Crippen molar-refractivity contribution >= 4 is 46.1 Å². The number of hydrogen-bond acceptors (Lipinski definition) is 3. The Labute approximate surface area is 124 Å². The molecule has 1 N–H and O–H groups in total. The van der Waals surface area contributed by atoms with Crippen molar-refractivity contribution in [2.45, 2.75) is 10.3 Å². The van der Waals surface area contributed by atoms with Crippen molar-refractivity contribution < 1.29 is 14.3 Å². The Kier molecular flexibility index (Phi) is 6.42. The molecule has 0 aliphatic carbocycles. The highest BCUT2D eigenvalue weighted by molar-refractivity contribution is 14.1. The number of benzene rings is 1. The summed E-state index contributed by atoms with van der Waals surface area (Å²) in [6.45, 7) is 0.264. The van der Waals surface area contributed by atoms with Gasteiger partial charge in [0.1, 0.15) is 3.92 Å². The molecule has 18 heavy (non-hydrogen) atoms. The minimum atomic E-state index is -0.373. The highest BCUT2D eigenvalue weighted by atomic mass is 127. The van der Waals surface area contributed by atoms with E-state index >= 15 is 0 Å². The first-order valence-corrected chi connectivity index (χ1v) is 6.88. The average Bonchev–Trinajstić information content (AvgIpc) is 2.37. The van der Waals surface area contributed by atoms with Crippen molar-refractivity contribution in [3.05, 3.63) is 34.9 Å². The van der Waals surface area contributed by atoms with E-state index in [1.165, 1.54) is 7.11 Å². The fraction of sp³-hybridized carbons (Fsp3) is 0.333. The van der Waals surface area contributed by atoms with Crippen LogP contribution in [-0.4, -0.2) is 29.5 Å². The summed E-state index contributed by atoms with van der Waals surface area (Å²) in [5.41, 5.74) is 0.875. The zero-order chi connectivity index (χ0) is 13.5. The number of carbonyl (C=O) groups is 2. The molecule has 1 aromatic carbocycles. The molecule has 98 valence electrons. The predicted octanol–water partition coefficient (Wildman–Crippen LogP) is 1.98. The SMILES string of the molecule is COC(=O)C(I)CNC(=O)Cc1ccc(Cl)cc1. The first-order valence-electron chi connectivity index (χ1n) is 5.26. The van der Waals surface area contributed by atoms with E-state index < -0.39 is 0 Å². The van der Waals surface area contributed by atoms with Crippen LogP contribution in [0, 0.1) is 0 Å². The second-order valence-electron chi connectivity index (χ2n) is 3.60. The Bertz CT molecular complexity index is 422. The van der Waals surface area contributed by atoms with Crippen LogP contribution in [0.4, 0.5) is 0 Å². The molecule has 0 aliphatic rings. The summed E-state index contributed by atoms with van der Waals surface area (Å²) in [4.78, 5) is 22.7. The number of esters is 1. The number of carbonyl (C=O) groups excluding carboxylic acids is 2. The Morgan fingerprint density at radius 3 is 2.56 bits per heavy atom. The molecule has 1 aromatic rings. The summed E-state index contributed by atoms with van der Waals surface area (Å²) < 4.78 is 4.19. The van der Waals surface area contributed by atoms with Crippen LogP contribution in [0.25, 0.3) is 0 Å². The fourth-order valence-electron chi connectivity index (χ4n) is 1.26. The quantitative estimate of drug-likeness (QED) is 0.482. The summed E-state index contributed by atoms with van der Waals surface area (Å²) in [7, 11) is 1.32. The molecule has 0 aromatic heterocycles. The largest absolute Gasteiger partial charge is 0.468 e. The molecule has 0 radical (unpaired) electrons. The van der Waals surface area contributed by atoms with Crippen molar-refractivity contribution in [2.75, 3.05) is 13.7 Å². The summed E-state index contributed by atoms with van der Waals surface area (Å²) in [5.74, 6) is -0.481. The lowest BCUT2D eigenvalue weighted by molar-refractivity contribution is -0.139. The van der Waals surface area contributed by atoms with E-state index in [0.29, 0.717) is 5.02 Å². The minimum absolute atomic E-state index is 0.136. The van der Waals surface area contributed by atoms with Gasteiger partial charge in [-0.25, -0.2) is 0 Å². The van der Waals surface area contributed by atoms with Gasteiger partial charge in [0.05, 0.1) is 13.5 Å². The Morgan fingerprint density at radius 2 is 2.00 bits per heavy atom. The van der Waals surface area contributed by atoms with Gasteiger partial charge >= 0.3 is 5.97 Å². The zero-order valence-electron chi connectivity index (χ0n) is 9.78. The lowest BCUT2D eigenvalue weighted by atomic mass is 10.1. The molecule has 0 heterocycles. The highest BCUT2D eigenvalue weighted by Gasteiger charge is 2.15. The second-order valence-corrected chi connectivity index (χ2v) is 5.54. The number of ether oxygens (including phenoxy) is 1. The maximum Gasteiger partial charge on any atom is 0.320 e. The molecule has 0 spiro atoms. The van der Waals surface area contributed by atoms with Crippen LogP contribution in [0.2, 0.25) is 5.02 Å².